The summed E-state index contributed by atoms with van der Waals surface area (Å²) >= 11 is 0. The fraction of sp³-hybridized carbons (Fsp3) is 0.600. The minimum absolute atomic E-state index is 0.0420. The first-order valence-electron chi connectivity index (χ1n) is 7.76. The minimum atomic E-state index is -0.422. The highest BCUT2D eigenvalue weighted by atomic mass is 16.2. The Morgan fingerprint density at radius 1 is 1.32 bits per heavy atom. The van der Waals surface area contributed by atoms with Gasteiger partial charge in [0.25, 0.3) is 11.5 Å². The van der Waals surface area contributed by atoms with E-state index in [1.165, 1.54) is 6.07 Å². The third-order valence-electron chi connectivity index (χ3n) is 4.82. The summed E-state index contributed by atoms with van der Waals surface area (Å²) in [6.07, 6.45) is 3.78. The summed E-state index contributed by atoms with van der Waals surface area (Å²) in [5.41, 5.74) is -0.517. The Bertz CT molecular complexity index is 701. The number of piperidine rings is 1. The molecule has 1 aliphatic carbocycles. The maximum Gasteiger partial charge on any atom is 0.272 e. The quantitative estimate of drug-likeness (QED) is 0.804. The first-order valence-corrected chi connectivity index (χ1v) is 7.76. The van der Waals surface area contributed by atoms with Gasteiger partial charge in [-0.3, -0.25) is 14.4 Å². The van der Waals surface area contributed by atoms with Crippen molar-refractivity contribution in [2.75, 3.05) is 19.6 Å². The van der Waals surface area contributed by atoms with Gasteiger partial charge in [-0.1, -0.05) is 0 Å². The van der Waals surface area contributed by atoms with Crippen LogP contribution in [-0.4, -0.2) is 46.3 Å². The van der Waals surface area contributed by atoms with E-state index in [4.69, 9.17) is 0 Å². The van der Waals surface area contributed by atoms with Gasteiger partial charge in [0.2, 0.25) is 5.91 Å². The zero-order valence-electron chi connectivity index (χ0n) is 12.2. The average molecular weight is 302 g/mol. The van der Waals surface area contributed by atoms with Crippen molar-refractivity contribution in [1.82, 2.24) is 20.2 Å². The van der Waals surface area contributed by atoms with Gasteiger partial charge >= 0.3 is 0 Å². The Balaban J connectivity index is 1.51. The number of aromatic nitrogens is 2. The lowest BCUT2D eigenvalue weighted by Crippen LogP contribution is -2.66. The highest BCUT2D eigenvalue weighted by molar-refractivity contribution is 5.95. The number of rotatable bonds is 2. The molecule has 0 atom stereocenters. The Labute approximate surface area is 127 Å². The summed E-state index contributed by atoms with van der Waals surface area (Å²) in [6.45, 7) is 1.56. The molecule has 1 aromatic heterocycles. The van der Waals surface area contributed by atoms with E-state index in [0.717, 1.165) is 32.2 Å². The van der Waals surface area contributed by atoms with Gasteiger partial charge in [-0.25, -0.2) is 4.98 Å². The second kappa shape index (κ2) is 4.66. The summed E-state index contributed by atoms with van der Waals surface area (Å²) in [6, 6.07) is 1.25. The molecule has 1 saturated carbocycles. The number of aromatic amines is 1. The average Bonchev–Trinajstić information content (AvgIpc) is 3.29. The molecule has 3 heterocycles. The molecule has 1 spiro atoms. The van der Waals surface area contributed by atoms with E-state index in [1.54, 1.807) is 4.90 Å². The molecule has 3 aliphatic rings. The molecule has 0 unspecified atom stereocenters. The van der Waals surface area contributed by atoms with E-state index >= 15 is 0 Å². The fourth-order valence-corrected chi connectivity index (χ4v) is 3.36. The van der Waals surface area contributed by atoms with Crippen LogP contribution in [0.3, 0.4) is 0 Å². The van der Waals surface area contributed by atoms with E-state index in [9.17, 15) is 14.4 Å². The molecule has 2 N–H and O–H groups in total. The molecule has 116 valence electrons. The lowest BCUT2D eigenvalue weighted by Gasteiger charge is -2.50. The number of carbonyl (C=O) groups excluding carboxylic acids is 2. The van der Waals surface area contributed by atoms with Crippen molar-refractivity contribution in [1.29, 1.82) is 0 Å². The Morgan fingerprint density at radius 3 is 2.77 bits per heavy atom. The number of nitrogens with zero attached hydrogens (tertiary/aromatic N) is 2. The van der Waals surface area contributed by atoms with Gasteiger partial charge in [0.05, 0.1) is 5.41 Å². The van der Waals surface area contributed by atoms with Crippen LogP contribution in [0.25, 0.3) is 0 Å². The first-order chi connectivity index (χ1) is 10.6. The van der Waals surface area contributed by atoms with Gasteiger partial charge in [-0.2, -0.15) is 0 Å². The van der Waals surface area contributed by atoms with Crippen LogP contribution < -0.4 is 10.9 Å². The SMILES string of the molecule is O=C(c1cc(=O)[nH]c(C2CC2)n1)N1CC2(CCCNC2=O)C1. The van der Waals surface area contributed by atoms with Crippen LogP contribution in [0.15, 0.2) is 10.9 Å². The number of hydrogen-bond donors (Lipinski definition) is 2. The minimum Gasteiger partial charge on any atom is -0.356 e. The maximum atomic E-state index is 12.5. The van der Waals surface area contributed by atoms with Gasteiger partial charge in [0.15, 0.2) is 0 Å². The van der Waals surface area contributed by atoms with E-state index in [-0.39, 0.29) is 29.0 Å². The van der Waals surface area contributed by atoms with E-state index < -0.39 is 5.41 Å². The highest BCUT2D eigenvalue weighted by Crippen LogP contribution is 2.39. The molecular weight excluding hydrogens is 284 g/mol. The van der Waals surface area contributed by atoms with Crippen molar-refractivity contribution in [3.63, 3.8) is 0 Å². The molecule has 2 amide bonds. The molecule has 0 bridgehead atoms. The van der Waals surface area contributed by atoms with Crippen molar-refractivity contribution in [2.45, 2.75) is 31.6 Å². The summed E-state index contributed by atoms with van der Waals surface area (Å²) in [4.78, 5) is 44.8. The van der Waals surface area contributed by atoms with Crippen molar-refractivity contribution < 1.29 is 9.59 Å². The van der Waals surface area contributed by atoms with Crippen LogP contribution >= 0.6 is 0 Å². The highest BCUT2D eigenvalue weighted by Gasteiger charge is 2.52. The smallest absolute Gasteiger partial charge is 0.272 e. The summed E-state index contributed by atoms with van der Waals surface area (Å²) in [5, 5.41) is 2.87. The van der Waals surface area contributed by atoms with Gasteiger partial charge in [0, 0.05) is 31.6 Å². The lowest BCUT2D eigenvalue weighted by molar-refractivity contribution is -0.142. The second-order valence-corrected chi connectivity index (χ2v) is 6.59. The number of nitrogens with one attached hydrogen (secondary N) is 2. The van der Waals surface area contributed by atoms with Crippen molar-refractivity contribution in [2.24, 2.45) is 5.41 Å². The Kier molecular flexibility index (Phi) is 2.85. The molecule has 2 saturated heterocycles. The van der Waals surface area contributed by atoms with Crippen LogP contribution in [0.5, 0.6) is 0 Å². The molecule has 4 rings (SSSR count). The van der Waals surface area contributed by atoms with Gasteiger partial charge in [-0.05, 0) is 25.7 Å². The topological polar surface area (TPSA) is 95.2 Å². The normalized spacial score (nSPS) is 23.1. The van der Waals surface area contributed by atoms with E-state index in [1.807, 2.05) is 0 Å². The standard InChI is InChI=1S/C15H18N4O3/c20-11-6-10(17-12(18-11)9-2-3-9)13(21)19-7-15(8-19)4-1-5-16-14(15)22/h6,9H,1-5,7-8H2,(H,16,22)(H,17,18,20). The summed E-state index contributed by atoms with van der Waals surface area (Å²) in [7, 11) is 0. The summed E-state index contributed by atoms with van der Waals surface area (Å²) < 4.78 is 0. The largest absolute Gasteiger partial charge is 0.356 e. The molecule has 22 heavy (non-hydrogen) atoms. The zero-order valence-corrected chi connectivity index (χ0v) is 12.2. The van der Waals surface area contributed by atoms with E-state index in [0.29, 0.717) is 18.9 Å². The first kappa shape index (κ1) is 13.5. The fourth-order valence-electron chi connectivity index (χ4n) is 3.36. The number of hydrogen-bond acceptors (Lipinski definition) is 4. The third-order valence-corrected chi connectivity index (χ3v) is 4.82. The van der Waals surface area contributed by atoms with Crippen molar-refractivity contribution >= 4 is 11.8 Å². The van der Waals surface area contributed by atoms with Gasteiger partial charge < -0.3 is 15.2 Å². The molecular formula is C15H18N4O3. The monoisotopic (exact) mass is 302 g/mol. The lowest BCUT2D eigenvalue weighted by atomic mass is 9.73. The number of amides is 2. The molecule has 1 aromatic rings. The van der Waals surface area contributed by atoms with Crippen LogP contribution in [0.1, 0.15) is 47.9 Å². The van der Waals surface area contributed by atoms with Crippen LogP contribution in [-0.2, 0) is 4.79 Å². The molecule has 7 nitrogen and oxygen atoms in total. The number of carbonyl (C=O) groups is 2. The molecule has 7 heteroatoms. The molecule has 3 fully saturated rings. The Hall–Kier alpha value is -2.18. The van der Waals surface area contributed by atoms with Crippen molar-refractivity contribution in [3.05, 3.63) is 27.9 Å². The molecule has 0 aromatic carbocycles. The predicted octanol–water partition coefficient (Wildman–Crippen LogP) is -0.000500. The van der Waals surface area contributed by atoms with Crippen molar-refractivity contribution in [3.8, 4) is 0 Å². The number of likely N-dealkylation sites (tertiary alicyclic amines) is 1. The maximum absolute atomic E-state index is 12.5. The molecule has 2 aliphatic heterocycles. The van der Waals surface area contributed by atoms with Gasteiger partial charge in [-0.15, -0.1) is 0 Å². The van der Waals surface area contributed by atoms with E-state index in [2.05, 4.69) is 15.3 Å². The Morgan fingerprint density at radius 2 is 2.09 bits per heavy atom. The van der Waals surface area contributed by atoms with Gasteiger partial charge in [0.1, 0.15) is 11.5 Å². The van der Waals surface area contributed by atoms with Crippen LogP contribution in [0, 0.1) is 5.41 Å². The van der Waals surface area contributed by atoms with Crippen LogP contribution in [0.4, 0.5) is 0 Å². The zero-order chi connectivity index (χ0) is 15.3. The predicted molar refractivity (Wildman–Crippen MR) is 77.4 cm³/mol. The summed E-state index contributed by atoms with van der Waals surface area (Å²) in [5.74, 6) is 0.686. The van der Waals surface area contributed by atoms with Crippen LogP contribution in [0.2, 0.25) is 0 Å². The third kappa shape index (κ3) is 2.12. The number of H-pyrrole nitrogens is 1. The second-order valence-electron chi connectivity index (χ2n) is 6.59. The molecule has 0 radical (unpaired) electrons.